The molecule has 0 rings (SSSR count). The van der Waals surface area contributed by atoms with Crippen molar-refractivity contribution in [3.63, 3.8) is 0 Å². The van der Waals surface area contributed by atoms with Crippen LogP contribution in [0.4, 0.5) is 0 Å². The summed E-state index contributed by atoms with van der Waals surface area (Å²) in [6, 6.07) is 0.00694. The molecular formula is C11H25NO2. The smallest absolute Gasteiger partial charge is 0.0640 e. The van der Waals surface area contributed by atoms with Crippen molar-refractivity contribution in [1.29, 1.82) is 0 Å². The lowest BCUT2D eigenvalue weighted by Crippen LogP contribution is -2.32. The molecule has 0 aromatic rings. The fourth-order valence-electron chi connectivity index (χ4n) is 0.958. The van der Waals surface area contributed by atoms with Crippen LogP contribution < -0.4 is 5.73 Å². The maximum atomic E-state index is 5.80. The molecule has 0 saturated carbocycles. The number of ether oxygens (including phenoxy) is 2. The lowest BCUT2D eigenvalue weighted by atomic mass is 10.2. The van der Waals surface area contributed by atoms with Gasteiger partial charge in [-0.3, -0.25) is 0 Å². The van der Waals surface area contributed by atoms with Crippen molar-refractivity contribution >= 4 is 0 Å². The third-order valence-electron chi connectivity index (χ3n) is 1.57. The zero-order valence-corrected chi connectivity index (χ0v) is 9.95. The Kier molecular flexibility index (Phi) is 8.14. The minimum atomic E-state index is 0.00694. The Morgan fingerprint density at radius 1 is 0.786 bits per heavy atom. The van der Waals surface area contributed by atoms with Crippen molar-refractivity contribution in [1.82, 2.24) is 0 Å². The second kappa shape index (κ2) is 8.21. The molecule has 14 heavy (non-hydrogen) atoms. The highest BCUT2D eigenvalue weighted by Crippen LogP contribution is 1.95. The van der Waals surface area contributed by atoms with Gasteiger partial charge in [0.25, 0.3) is 0 Å². The van der Waals surface area contributed by atoms with Crippen LogP contribution >= 0.6 is 0 Å². The molecule has 0 aliphatic rings. The zero-order valence-electron chi connectivity index (χ0n) is 9.95. The fraction of sp³-hybridized carbons (Fsp3) is 1.00. The van der Waals surface area contributed by atoms with Crippen LogP contribution in [0.3, 0.4) is 0 Å². The highest BCUT2D eigenvalue weighted by molar-refractivity contribution is 4.58. The Morgan fingerprint density at radius 3 is 1.43 bits per heavy atom. The van der Waals surface area contributed by atoms with E-state index < -0.39 is 0 Å². The molecule has 0 atom stereocenters. The molecule has 3 heteroatoms. The predicted molar refractivity (Wildman–Crippen MR) is 59.3 cm³/mol. The second-order valence-electron chi connectivity index (χ2n) is 4.62. The summed E-state index contributed by atoms with van der Waals surface area (Å²) in [5.41, 5.74) is 5.80. The van der Waals surface area contributed by atoms with Crippen LogP contribution in [-0.4, -0.2) is 32.5 Å². The molecule has 2 N–H and O–H groups in total. The van der Waals surface area contributed by atoms with E-state index in [1.165, 1.54) is 0 Å². The minimum absolute atomic E-state index is 0.00694. The quantitative estimate of drug-likeness (QED) is 0.652. The molecule has 0 unspecified atom stereocenters. The van der Waals surface area contributed by atoms with Crippen LogP contribution in [0.1, 0.15) is 27.7 Å². The molecule has 0 radical (unpaired) electrons. The van der Waals surface area contributed by atoms with Gasteiger partial charge < -0.3 is 15.2 Å². The number of rotatable bonds is 8. The maximum Gasteiger partial charge on any atom is 0.0640 e. The molecule has 3 nitrogen and oxygen atoms in total. The van der Waals surface area contributed by atoms with Gasteiger partial charge in [0.05, 0.1) is 19.3 Å². The first-order valence-electron chi connectivity index (χ1n) is 5.43. The van der Waals surface area contributed by atoms with Crippen molar-refractivity contribution in [2.24, 2.45) is 17.6 Å². The van der Waals surface area contributed by atoms with Gasteiger partial charge in [0.15, 0.2) is 0 Å². The molecule has 0 aromatic carbocycles. The summed E-state index contributed by atoms with van der Waals surface area (Å²) in [6.45, 7) is 11.2. The Morgan fingerprint density at radius 2 is 1.14 bits per heavy atom. The molecule has 0 fully saturated rings. The van der Waals surface area contributed by atoms with Crippen LogP contribution in [0, 0.1) is 11.8 Å². The molecule has 0 saturated heterocycles. The molecule has 0 bridgehead atoms. The summed E-state index contributed by atoms with van der Waals surface area (Å²) >= 11 is 0. The van der Waals surface area contributed by atoms with E-state index in [0.29, 0.717) is 25.0 Å². The molecule has 0 spiro atoms. The van der Waals surface area contributed by atoms with Gasteiger partial charge in [-0.15, -0.1) is 0 Å². The van der Waals surface area contributed by atoms with Gasteiger partial charge in [0, 0.05) is 13.2 Å². The minimum Gasteiger partial charge on any atom is -0.379 e. The molecule has 0 aliphatic heterocycles. The molecule has 86 valence electrons. The molecule has 0 heterocycles. The van der Waals surface area contributed by atoms with E-state index in [2.05, 4.69) is 27.7 Å². The largest absolute Gasteiger partial charge is 0.379 e. The van der Waals surface area contributed by atoms with Crippen molar-refractivity contribution in [3.05, 3.63) is 0 Å². The fourth-order valence-corrected chi connectivity index (χ4v) is 0.958. The van der Waals surface area contributed by atoms with Gasteiger partial charge in [-0.25, -0.2) is 0 Å². The summed E-state index contributed by atoms with van der Waals surface area (Å²) in [6.07, 6.45) is 0. The first-order chi connectivity index (χ1) is 6.52. The van der Waals surface area contributed by atoms with E-state index in [0.717, 1.165) is 13.2 Å². The summed E-state index contributed by atoms with van der Waals surface area (Å²) in [4.78, 5) is 0. The number of nitrogens with two attached hydrogens (primary N) is 1. The van der Waals surface area contributed by atoms with Crippen molar-refractivity contribution in [3.8, 4) is 0 Å². The second-order valence-corrected chi connectivity index (χ2v) is 4.62. The average molecular weight is 203 g/mol. The highest BCUT2D eigenvalue weighted by atomic mass is 16.5. The zero-order chi connectivity index (χ0) is 11.0. The Hall–Kier alpha value is -0.120. The third kappa shape index (κ3) is 9.96. The van der Waals surface area contributed by atoms with Crippen LogP contribution in [0.15, 0.2) is 0 Å². The van der Waals surface area contributed by atoms with Crippen molar-refractivity contribution in [2.45, 2.75) is 33.7 Å². The Balaban J connectivity index is 3.23. The third-order valence-corrected chi connectivity index (χ3v) is 1.57. The van der Waals surface area contributed by atoms with Gasteiger partial charge in [-0.2, -0.15) is 0 Å². The summed E-state index contributed by atoms with van der Waals surface area (Å²) in [5, 5.41) is 0. The van der Waals surface area contributed by atoms with Gasteiger partial charge in [0.1, 0.15) is 0 Å². The molecular weight excluding hydrogens is 178 g/mol. The van der Waals surface area contributed by atoms with E-state index in [1.54, 1.807) is 0 Å². The maximum absolute atomic E-state index is 5.80. The standard InChI is InChI=1S/C11H25NO2/c1-9(2)5-13-7-11(12)8-14-6-10(3)4/h9-11H,5-8,12H2,1-4H3. The predicted octanol–water partition coefficient (Wildman–Crippen LogP) is 1.66. The monoisotopic (exact) mass is 203 g/mol. The van der Waals surface area contributed by atoms with E-state index in [-0.39, 0.29) is 6.04 Å². The lowest BCUT2D eigenvalue weighted by Gasteiger charge is -2.14. The number of hydrogen-bond acceptors (Lipinski definition) is 3. The van der Waals surface area contributed by atoms with Crippen LogP contribution in [0.5, 0.6) is 0 Å². The summed E-state index contributed by atoms with van der Waals surface area (Å²) in [5.74, 6) is 1.14. The van der Waals surface area contributed by atoms with Crippen LogP contribution in [0.2, 0.25) is 0 Å². The summed E-state index contributed by atoms with van der Waals surface area (Å²) in [7, 11) is 0. The van der Waals surface area contributed by atoms with E-state index in [1.807, 2.05) is 0 Å². The first kappa shape index (κ1) is 13.9. The molecule has 0 amide bonds. The topological polar surface area (TPSA) is 44.5 Å². The van der Waals surface area contributed by atoms with Gasteiger partial charge >= 0.3 is 0 Å². The van der Waals surface area contributed by atoms with Crippen LogP contribution in [-0.2, 0) is 9.47 Å². The van der Waals surface area contributed by atoms with Crippen molar-refractivity contribution < 1.29 is 9.47 Å². The Bertz CT molecular complexity index is 112. The highest BCUT2D eigenvalue weighted by Gasteiger charge is 2.04. The Labute approximate surface area is 88.0 Å². The normalized spacial score (nSPS) is 12.0. The van der Waals surface area contributed by atoms with Gasteiger partial charge in [-0.1, -0.05) is 27.7 Å². The van der Waals surface area contributed by atoms with Gasteiger partial charge in [-0.05, 0) is 11.8 Å². The first-order valence-corrected chi connectivity index (χ1v) is 5.43. The average Bonchev–Trinajstić information content (AvgIpc) is 2.02. The van der Waals surface area contributed by atoms with E-state index >= 15 is 0 Å². The van der Waals surface area contributed by atoms with E-state index in [9.17, 15) is 0 Å². The van der Waals surface area contributed by atoms with E-state index in [4.69, 9.17) is 15.2 Å². The van der Waals surface area contributed by atoms with Crippen LogP contribution in [0.25, 0.3) is 0 Å². The molecule has 0 aliphatic carbocycles. The van der Waals surface area contributed by atoms with Crippen molar-refractivity contribution in [2.75, 3.05) is 26.4 Å². The number of hydrogen-bond donors (Lipinski definition) is 1. The SMILES string of the molecule is CC(C)COCC(N)COCC(C)C. The summed E-state index contributed by atoms with van der Waals surface area (Å²) < 4.78 is 10.8. The van der Waals surface area contributed by atoms with Gasteiger partial charge in [0.2, 0.25) is 0 Å². The lowest BCUT2D eigenvalue weighted by molar-refractivity contribution is 0.0491. The molecule has 0 aromatic heterocycles.